The van der Waals surface area contributed by atoms with Crippen LogP contribution >= 0.6 is 0 Å². The number of hydrogen-bond acceptors (Lipinski definition) is 3. The number of para-hydroxylation sites is 1. The van der Waals surface area contributed by atoms with Crippen LogP contribution in [0, 0.1) is 6.92 Å². The third kappa shape index (κ3) is 2.84. The Balaban J connectivity index is 1.51. The van der Waals surface area contributed by atoms with E-state index < -0.39 is 0 Å². The normalized spacial score (nSPS) is 16.9. The lowest BCUT2D eigenvalue weighted by atomic mass is 9.95. The first-order valence-corrected chi connectivity index (χ1v) is 9.65. The van der Waals surface area contributed by atoms with E-state index in [4.69, 9.17) is 0 Å². The first-order valence-electron chi connectivity index (χ1n) is 9.65. The maximum Gasteiger partial charge on any atom is 0.326 e. The molecule has 0 bridgehead atoms. The molecule has 0 fully saturated rings. The van der Waals surface area contributed by atoms with Gasteiger partial charge in [-0.3, -0.25) is 14.7 Å². The third-order valence-corrected chi connectivity index (χ3v) is 5.64. The van der Waals surface area contributed by atoms with Gasteiger partial charge in [0.05, 0.1) is 11.7 Å². The highest BCUT2D eigenvalue weighted by atomic mass is 16.2. The highest BCUT2D eigenvalue weighted by molar-refractivity contribution is 6.06. The Morgan fingerprint density at radius 2 is 1.93 bits per heavy atom. The van der Waals surface area contributed by atoms with Crippen molar-refractivity contribution in [2.45, 2.75) is 19.4 Å². The Morgan fingerprint density at radius 1 is 1.14 bits per heavy atom. The van der Waals surface area contributed by atoms with Gasteiger partial charge in [-0.1, -0.05) is 42.5 Å². The van der Waals surface area contributed by atoms with Crippen molar-refractivity contribution in [3.05, 3.63) is 88.7 Å². The van der Waals surface area contributed by atoms with Gasteiger partial charge in [0.2, 0.25) is 0 Å². The number of fused-ring (bicyclic) bond motifs is 2. The minimum absolute atomic E-state index is 0.203. The first kappa shape index (κ1) is 17.4. The minimum Gasteiger partial charge on any atom is -0.340 e. The first-order chi connectivity index (χ1) is 14.1. The second-order valence-electron chi connectivity index (χ2n) is 7.34. The molecule has 0 saturated heterocycles. The summed E-state index contributed by atoms with van der Waals surface area (Å²) in [6, 6.07) is 17.1. The van der Waals surface area contributed by atoms with E-state index >= 15 is 0 Å². The number of nitrogens with one attached hydrogen (secondary N) is 2. The van der Waals surface area contributed by atoms with Gasteiger partial charge in [0, 0.05) is 24.0 Å². The highest BCUT2D eigenvalue weighted by Gasteiger charge is 2.35. The smallest absolute Gasteiger partial charge is 0.326 e. The topological polar surface area (TPSA) is 74.3 Å². The summed E-state index contributed by atoms with van der Waals surface area (Å²) in [5, 5.41) is 6.03. The Labute approximate surface area is 168 Å². The average molecular weight is 384 g/mol. The number of anilines is 2. The van der Waals surface area contributed by atoms with Crippen LogP contribution < -0.4 is 15.5 Å². The van der Waals surface area contributed by atoms with Gasteiger partial charge in [0.1, 0.15) is 5.69 Å². The number of benzene rings is 2. The van der Waals surface area contributed by atoms with E-state index in [-0.39, 0.29) is 18.0 Å². The van der Waals surface area contributed by atoms with E-state index in [0.717, 1.165) is 28.8 Å². The number of urea groups is 1. The molecule has 29 heavy (non-hydrogen) atoms. The molecule has 0 radical (unpaired) electrons. The molecular formula is C23H20N4O2. The molecule has 0 unspecified atom stereocenters. The molecule has 2 aliphatic rings. The van der Waals surface area contributed by atoms with Crippen LogP contribution in [0.1, 0.15) is 38.8 Å². The molecule has 2 aliphatic heterocycles. The van der Waals surface area contributed by atoms with Crippen LogP contribution in [0.2, 0.25) is 0 Å². The van der Waals surface area contributed by atoms with Crippen molar-refractivity contribution in [2.75, 3.05) is 16.8 Å². The summed E-state index contributed by atoms with van der Waals surface area (Å²) in [5.41, 5.74) is 5.84. The Kier molecular flexibility index (Phi) is 4.05. The van der Waals surface area contributed by atoms with Crippen molar-refractivity contribution < 1.29 is 9.59 Å². The number of hydrogen-bond donors (Lipinski definition) is 2. The zero-order chi connectivity index (χ0) is 20.0. The summed E-state index contributed by atoms with van der Waals surface area (Å²) >= 11 is 0. The zero-order valence-electron chi connectivity index (χ0n) is 16.0. The van der Waals surface area contributed by atoms with Crippen LogP contribution in [0.4, 0.5) is 16.2 Å². The summed E-state index contributed by atoms with van der Waals surface area (Å²) in [6.45, 7) is 2.64. The Hall–Kier alpha value is -3.67. The third-order valence-electron chi connectivity index (χ3n) is 5.64. The van der Waals surface area contributed by atoms with Gasteiger partial charge in [-0.05, 0) is 42.2 Å². The molecule has 3 amide bonds. The van der Waals surface area contributed by atoms with Crippen molar-refractivity contribution in [1.82, 2.24) is 10.3 Å². The molecule has 3 aromatic rings. The number of rotatable bonds is 2. The molecule has 3 heterocycles. The van der Waals surface area contributed by atoms with Crippen LogP contribution in [0.25, 0.3) is 0 Å². The quantitative estimate of drug-likeness (QED) is 0.705. The lowest BCUT2D eigenvalue weighted by molar-refractivity contribution is 0.0956. The van der Waals surface area contributed by atoms with Crippen LogP contribution in [0.15, 0.2) is 60.8 Å². The number of carbonyl (C=O) groups is 2. The molecular weight excluding hydrogens is 364 g/mol. The van der Waals surface area contributed by atoms with E-state index in [0.29, 0.717) is 23.5 Å². The number of nitrogens with zero attached hydrogens (tertiary/aromatic N) is 2. The molecule has 6 nitrogen and oxygen atoms in total. The van der Waals surface area contributed by atoms with Crippen molar-refractivity contribution in [2.24, 2.45) is 0 Å². The molecule has 2 aromatic carbocycles. The van der Waals surface area contributed by atoms with Gasteiger partial charge in [-0.25, -0.2) is 4.79 Å². The molecule has 0 aliphatic carbocycles. The predicted octanol–water partition coefficient (Wildman–Crippen LogP) is 3.82. The summed E-state index contributed by atoms with van der Waals surface area (Å²) < 4.78 is 0. The number of amides is 3. The van der Waals surface area contributed by atoms with Crippen molar-refractivity contribution >= 4 is 23.3 Å². The predicted molar refractivity (Wildman–Crippen MR) is 111 cm³/mol. The molecule has 0 saturated carbocycles. The highest BCUT2D eigenvalue weighted by Crippen LogP contribution is 2.37. The summed E-state index contributed by atoms with van der Waals surface area (Å²) in [7, 11) is 0. The number of pyridine rings is 1. The second-order valence-corrected chi connectivity index (χ2v) is 7.34. The molecule has 0 spiro atoms. The maximum absolute atomic E-state index is 13.1. The average Bonchev–Trinajstić information content (AvgIpc) is 3.31. The monoisotopic (exact) mass is 384 g/mol. The molecule has 144 valence electrons. The van der Waals surface area contributed by atoms with E-state index in [9.17, 15) is 9.59 Å². The zero-order valence-corrected chi connectivity index (χ0v) is 16.0. The number of aryl methyl sites for hydroxylation is 1. The standard InChI is InChI=1S/C23H20N4O2/c1-14-6-2-4-8-16(14)20-19-17(10-12-24-21(19)22(28)26-20)25-23(29)27-13-11-15-7-3-5-9-18(15)27/h2-10,12,20H,11,13H2,1H3,(H,26,28)(H,24,25,29)/t20-/m1/s1. The van der Waals surface area contributed by atoms with Crippen LogP contribution in [0.5, 0.6) is 0 Å². The summed E-state index contributed by atoms with van der Waals surface area (Å²) in [4.78, 5) is 31.6. The Bertz CT molecular complexity index is 1140. The van der Waals surface area contributed by atoms with Crippen molar-refractivity contribution in [3.8, 4) is 0 Å². The van der Waals surface area contributed by atoms with Crippen LogP contribution in [-0.4, -0.2) is 23.5 Å². The lowest BCUT2D eigenvalue weighted by Crippen LogP contribution is -2.33. The van der Waals surface area contributed by atoms with Gasteiger partial charge in [-0.15, -0.1) is 0 Å². The van der Waals surface area contributed by atoms with E-state index in [2.05, 4.69) is 15.6 Å². The molecule has 1 atom stereocenters. The molecule has 1 aromatic heterocycles. The second kappa shape index (κ2) is 6.74. The SMILES string of the molecule is Cc1ccccc1[C@H]1NC(=O)c2nccc(NC(=O)N3CCc4ccccc43)c21. The molecule has 5 rings (SSSR count). The van der Waals surface area contributed by atoms with E-state index in [1.807, 2.05) is 55.5 Å². The van der Waals surface area contributed by atoms with Crippen molar-refractivity contribution in [1.29, 1.82) is 0 Å². The van der Waals surface area contributed by atoms with E-state index in [1.165, 1.54) is 0 Å². The fraction of sp³-hybridized carbons (Fsp3) is 0.174. The largest absolute Gasteiger partial charge is 0.340 e. The Morgan fingerprint density at radius 3 is 2.79 bits per heavy atom. The summed E-state index contributed by atoms with van der Waals surface area (Å²) in [6.07, 6.45) is 2.40. The minimum atomic E-state index is -0.339. The number of carbonyl (C=O) groups excluding carboxylic acids is 2. The fourth-order valence-electron chi connectivity index (χ4n) is 4.20. The van der Waals surface area contributed by atoms with Gasteiger partial charge >= 0.3 is 6.03 Å². The fourth-order valence-corrected chi connectivity index (χ4v) is 4.20. The van der Waals surface area contributed by atoms with Gasteiger partial charge in [0.15, 0.2) is 0 Å². The number of aromatic nitrogens is 1. The molecule has 6 heteroatoms. The van der Waals surface area contributed by atoms with E-state index in [1.54, 1.807) is 17.2 Å². The van der Waals surface area contributed by atoms with Gasteiger partial charge in [-0.2, -0.15) is 0 Å². The summed E-state index contributed by atoms with van der Waals surface area (Å²) in [5.74, 6) is -0.226. The van der Waals surface area contributed by atoms with Crippen molar-refractivity contribution in [3.63, 3.8) is 0 Å². The van der Waals surface area contributed by atoms with Gasteiger partial charge < -0.3 is 10.6 Å². The maximum atomic E-state index is 13.1. The van der Waals surface area contributed by atoms with Crippen LogP contribution in [0.3, 0.4) is 0 Å². The molecule has 2 N–H and O–H groups in total. The van der Waals surface area contributed by atoms with Crippen LogP contribution in [-0.2, 0) is 6.42 Å². The van der Waals surface area contributed by atoms with Gasteiger partial charge in [0.25, 0.3) is 5.91 Å². The lowest BCUT2D eigenvalue weighted by Gasteiger charge is -2.21.